The topological polar surface area (TPSA) is 61.5 Å². The van der Waals surface area contributed by atoms with Gasteiger partial charge in [0.25, 0.3) is 0 Å². The van der Waals surface area contributed by atoms with E-state index in [-0.39, 0.29) is 12.6 Å². The molecular formula is C11H17NO3. The second-order valence-corrected chi connectivity index (χ2v) is 3.63. The molecule has 0 aliphatic carbocycles. The summed E-state index contributed by atoms with van der Waals surface area (Å²) in [5, 5.41) is 0. The molecule has 0 aromatic rings. The van der Waals surface area contributed by atoms with E-state index in [2.05, 4.69) is 6.58 Å². The highest BCUT2D eigenvalue weighted by molar-refractivity contribution is 5.90. The van der Waals surface area contributed by atoms with Gasteiger partial charge in [0.2, 0.25) is 0 Å². The molecule has 0 radical (unpaired) electrons. The monoisotopic (exact) mass is 211 g/mol. The molecule has 0 saturated heterocycles. The molecule has 15 heavy (non-hydrogen) atoms. The molecule has 4 heteroatoms. The normalized spacial score (nSPS) is 25.5. The summed E-state index contributed by atoms with van der Waals surface area (Å²) in [5.41, 5.74) is 6.16. The van der Waals surface area contributed by atoms with Crippen molar-refractivity contribution in [3.8, 4) is 0 Å². The van der Waals surface area contributed by atoms with Crippen LogP contribution in [0.15, 0.2) is 23.9 Å². The van der Waals surface area contributed by atoms with Crippen molar-refractivity contribution in [3.63, 3.8) is 0 Å². The maximum atomic E-state index is 11.5. The van der Waals surface area contributed by atoms with E-state index < -0.39 is 5.60 Å². The van der Waals surface area contributed by atoms with E-state index >= 15 is 0 Å². The quantitative estimate of drug-likeness (QED) is 0.559. The molecule has 1 atom stereocenters. The van der Waals surface area contributed by atoms with Crippen LogP contribution >= 0.6 is 0 Å². The van der Waals surface area contributed by atoms with Gasteiger partial charge in [0.1, 0.15) is 5.60 Å². The van der Waals surface area contributed by atoms with Gasteiger partial charge in [0.15, 0.2) is 0 Å². The number of carbonyl (C=O) groups is 1. The first-order valence-electron chi connectivity index (χ1n) is 4.96. The first-order chi connectivity index (χ1) is 7.05. The molecule has 0 fully saturated rings. The van der Waals surface area contributed by atoms with Crippen molar-refractivity contribution >= 4 is 5.97 Å². The van der Waals surface area contributed by atoms with E-state index in [0.717, 1.165) is 0 Å². The van der Waals surface area contributed by atoms with Crippen LogP contribution in [0.25, 0.3) is 0 Å². The fourth-order valence-corrected chi connectivity index (χ4v) is 1.54. The Labute approximate surface area is 89.7 Å². The minimum absolute atomic E-state index is 0.217. The third-order valence-electron chi connectivity index (χ3n) is 2.49. The third kappa shape index (κ3) is 2.21. The van der Waals surface area contributed by atoms with Gasteiger partial charge >= 0.3 is 5.97 Å². The number of ether oxygens (including phenoxy) is 2. The Morgan fingerprint density at radius 1 is 1.80 bits per heavy atom. The van der Waals surface area contributed by atoms with E-state index in [0.29, 0.717) is 24.3 Å². The summed E-state index contributed by atoms with van der Waals surface area (Å²) in [6.07, 6.45) is 2.31. The van der Waals surface area contributed by atoms with Crippen LogP contribution in [0, 0.1) is 0 Å². The highest BCUT2D eigenvalue weighted by Crippen LogP contribution is 2.31. The molecule has 4 nitrogen and oxygen atoms in total. The summed E-state index contributed by atoms with van der Waals surface area (Å²) in [6, 6.07) is 0. The lowest BCUT2D eigenvalue weighted by Gasteiger charge is -2.22. The van der Waals surface area contributed by atoms with Gasteiger partial charge in [0, 0.05) is 0 Å². The summed E-state index contributed by atoms with van der Waals surface area (Å²) >= 11 is 0. The summed E-state index contributed by atoms with van der Waals surface area (Å²) < 4.78 is 10.4. The van der Waals surface area contributed by atoms with Crippen LogP contribution in [0.3, 0.4) is 0 Å². The lowest BCUT2D eigenvalue weighted by atomic mass is 9.97. The number of rotatable bonds is 4. The maximum absolute atomic E-state index is 11.5. The van der Waals surface area contributed by atoms with E-state index in [9.17, 15) is 4.79 Å². The fraction of sp³-hybridized carbons (Fsp3) is 0.545. The molecule has 1 unspecified atom stereocenters. The Kier molecular flexibility index (Phi) is 3.52. The van der Waals surface area contributed by atoms with Crippen molar-refractivity contribution in [1.29, 1.82) is 0 Å². The van der Waals surface area contributed by atoms with Crippen molar-refractivity contribution < 1.29 is 14.3 Å². The number of hydrogen-bond acceptors (Lipinski definition) is 4. The molecule has 1 heterocycles. The van der Waals surface area contributed by atoms with Gasteiger partial charge < -0.3 is 15.2 Å². The second kappa shape index (κ2) is 4.49. The van der Waals surface area contributed by atoms with Crippen LogP contribution < -0.4 is 5.73 Å². The zero-order valence-electron chi connectivity index (χ0n) is 9.21. The minimum atomic E-state index is -0.607. The van der Waals surface area contributed by atoms with Gasteiger partial charge in [-0.05, 0) is 20.3 Å². The van der Waals surface area contributed by atoms with Crippen molar-refractivity contribution in [2.24, 2.45) is 5.73 Å². The van der Waals surface area contributed by atoms with Gasteiger partial charge in [-0.2, -0.15) is 0 Å². The van der Waals surface area contributed by atoms with Gasteiger partial charge in [-0.1, -0.05) is 6.08 Å². The SMILES string of the molecule is C=CCC1(C)OCC(C(=O)OCC)=C1N. The summed E-state index contributed by atoms with van der Waals surface area (Å²) in [6.45, 7) is 7.79. The smallest absolute Gasteiger partial charge is 0.338 e. The Morgan fingerprint density at radius 2 is 2.47 bits per heavy atom. The molecular weight excluding hydrogens is 194 g/mol. The molecule has 0 bridgehead atoms. The average molecular weight is 211 g/mol. The van der Waals surface area contributed by atoms with Gasteiger partial charge in [-0.25, -0.2) is 4.79 Å². The zero-order valence-corrected chi connectivity index (χ0v) is 9.21. The maximum Gasteiger partial charge on any atom is 0.338 e. The van der Waals surface area contributed by atoms with Crippen LogP contribution in [0.4, 0.5) is 0 Å². The Bertz CT molecular complexity index is 309. The van der Waals surface area contributed by atoms with Crippen molar-refractivity contribution in [1.82, 2.24) is 0 Å². The second-order valence-electron chi connectivity index (χ2n) is 3.63. The minimum Gasteiger partial charge on any atom is -0.463 e. The van der Waals surface area contributed by atoms with E-state index in [4.69, 9.17) is 15.2 Å². The molecule has 1 aliphatic rings. The average Bonchev–Trinajstić information content (AvgIpc) is 2.45. The van der Waals surface area contributed by atoms with Crippen LogP contribution in [0.1, 0.15) is 20.3 Å². The molecule has 84 valence electrons. The molecule has 2 N–H and O–H groups in total. The zero-order chi connectivity index (χ0) is 11.5. The summed E-state index contributed by atoms with van der Waals surface area (Å²) in [4.78, 5) is 11.5. The van der Waals surface area contributed by atoms with Crippen LogP contribution in [-0.4, -0.2) is 24.8 Å². The summed E-state index contributed by atoms with van der Waals surface area (Å²) in [5.74, 6) is -0.386. The van der Waals surface area contributed by atoms with Crippen LogP contribution in [-0.2, 0) is 14.3 Å². The molecule has 0 aromatic heterocycles. The number of carbonyl (C=O) groups excluding carboxylic acids is 1. The third-order valence-corrected chi connectivity index (χ3v) is 2.49. The van der Waals surface area contributed by atoms with E-state index in [1.165, 1.54) is 0 Å². The van der Waals surface area contributed by atoms with Crippen molar-refractivity contribution in [3.05, 3.63) is 23.9 Å². The van der Waals surface area contributed by atoms with Gasteiger partial charge in [-0.3, -0.25) is 0 Å². The number of esters is 1. The van der Waals surface area contributed by atoms with Gasteiger partial charge in [-0.15, -0.1) is 6.58 Å². The Morgan fingerprint density at radius 3 is 3.00 bits per heavy atom. The first-order valence-corrected chi connectivity index (χ1v) is 4.96. The molecule has 1 rings (SSSR count). The van der Waals surface area contributed by atoms with Crippen LogP contribution in [0.2, 0.25) is 0 Å². The van der Waals surface area contributed by atoms with E-state index in [1.807, 2.05) is 6.92 Å². The first kappa shape index (κ1) is 11.8. The van der Waals surface area contributed by atoms with Crippen LogP contribution in [0.5, 0.6) is 0 Å². The number of nitrogens with two attached hydrogens (primary N) is 1. The standard InChI is InChI=1S/C11H17NO3/c1-4-6-11(3)9(12)8(7-15-11)10(13)14-5-2/h4H,1,5-7,12H2,2-3H3. The molecule has 1 aliphatic heterocycles. The highest BCUT2D eigenvalue weighted by atomic mass is 16.5. The largest absolute Gasteiger partial charge is 0.463 e. The lowest BCUT2D eigenvalue weighted by molar-refractivity contribution is -0.138. The Balaban J connectivity index is 2.87. The van der Waals surface area contributed by atoms with Gasteiger partial charge in [0.05, 0.1) is 24.5 Å². The highest BCUT2D eigenvalue weighted by Gasteiger charge is 2.38. The van der Waals surface area contributed by atoms with Crippen molar-refractivity contribution in [2.45, 2.75) is 25.9 Å². The molecule has 0 amide bonds. The van der Waals surface area contributed by atoms with E-state index in [1.54, 1.807) is 13.0 Å². The number of hydrogen-bond donors (Lipinski definition) is 1. The molecule has 0 spiro atoms. The Hall–Kier alpha value is -1.29. The lowest BCUT2D eigenvalue weighted by Crippen LogP contribution is -2.30. The predicted octanol–water partition coefficient (Wildman–Crippen LogP) is 1.13. The molecule has 0 aromatic carbocycles. The fourth-order valence-electron chi connectivity index (χ4n) is 1.54. The van der Waals surface area contributed by atoms with Crippen molar-refractivity contribution in [2.75, 3.05) is 13.2 Å². The molecule has 0 saturated carbocycles. The predicted molar refractivity (Wildman–Crippen MR) is 57.0 cm³/mol. The summed E-state index contributed by atoms with van der Waals surface area (Å²) in [7, 11) is 0.